The third-order valence-corrected chi connectivity index (χ3v) is 8.64. The molecule has 208 valence electrons. The van der Waals surface area contributed by atoms with Crippen LogP contribution >= 0.6 is 0 Å². The minimum absolute atomic E-state index is 0.116. The zero-order chi connectivity index (χ0) is 27.5. The number of hydrogen-bond acceptors (Lipinski definition) is 8. The molecule has 1 aromatic carbocycles. The number of aryl methyl sites for hydroxylation is 1. The number of aromatic nitrogens is 5. The molecule has 0 bridgehead atoms. The molecule has 0 amide bonds. The lowest BCUT2D eigenvalue weighted by Crippen LogP contribution is -2.47. The number of aromatic amines is 1. The van der Waals surface area contributed by atoms with Gasteiger partial charge in [0.15, 0.2) is 6.23 Å². The molecule has 4 heterocycles. The third kappa shape index (κ3) is 4.91. The van der Waals surface area contributed by atoms with E-state index in [1.807, 2.05) is 0 Å². The van der Waals surface area contributed by atoms with Crippen LogP contribution in [0, 0.1) is 5.92 Å². The average molecular weight is 534 g/mol. The van der Waals surface area contributed by atoms with Gasteiger partial charge >= 0.3 is 0 Å². The van der Waals surface area contributed by atoms with Crippen molar-refractivity contribution in [1.29, 1.82) is 0 Å². The van der Waals surface area contributed by atoms with Crippen LogP contribution in [-0.4, -0.2) is 77.6 Å². The Hall–Kier alpha value is -3.05. The highest BCUT2D eigenvalue weighted by Gasteiger charge is 2.45. The Morgan fingerprint density at radius 3 is 2.72 bits per heavy atom. The molecule has 0 radical (unpaired) electrons. The van der Waals surface area contributed by atoms with Crippen LogP contribution in [-0.2, 0) is 16.6 Å². The summed E-state index contributed by atoms with van der Waals surface area (Å²) in [5.74, 6) is 2.08. The standard InChI is InChI=1S/C29H39N7O3/c1-29(2,3)17-6-7-20-21(13-17)34-23(33-20)8-5-16-11-18(12-16)35(4)14-22-24(37)25(38)28(39-22)36-10-9-19-26(30)31-15-32-27(19)36/h6-7,9-10,13,15-16,18,22,24-25,28,37-38H,5,8,11-12,14H2,1-4H3,(H,33,34)(H2,30,31,32)/t16-,18-,22-,24-,25-,28-/m1/s1. The number of anilines is 1. The van der Waals surface area contributed by atoms with Crippen LogP contribution in [0.1, 0.15) is 57.6 Å². The number of aliphatic hydroxyl groups is 2. The minimum atomic E-state index is -1.06. The monoisotopic (exact) mass is 533 g/mol. The summed E-state index contributed by atoms with van der Waals surface area (Å²) >= 11 is 0. The molecule has 3 aromatic heterocycles. The molecule has 1 saturated carbocycles. The number of nitrogens with zero attached hydrogens (tertiary/aromatic N) is 5. The minimum Gasteiger partial charge on any atom is -0.387 e. The average Bonchev–Trinajstić information content (AvgIpc) is 3.54. The van der Waals surface area contributed by atoms with Crippen molar-refractivity contribution in [3.8, 4) is 0 Å². The van der Waals surface area contributed by atoms with E-state index in [0.29, 0.717) is 35.4 Å². The summed E-state index contributed by atoms with van der Waals surface area (Å²) in [6, 6.07) is 8.76. The maximum absolute atomic E-state index is 10.8. The van der Waals surface area contributed by atoms with Crippen molar-refractivity contribution in [2.75, 3.05) is 19.3 Å². The highest BCUT2D eigenvalue weighted by atomic mass is 16.6. The molecule has 0 unspecified atom stereocenters. The predicted octanol–water partition coefficient (Wildman–Crippen LogP) is 3.15. The molecule has 4 atom stereocenters. The number of benzene rings is 1. The van der Waals surface area contributed by atoms with Crippen LogP contribution in [0.4, 0.5) is 5.82 Å². The maximum Gasteiger partial charge on any atom is 0.164 e. The Kier molecular flexibility index (Phi) is 6.61. The van der Waals surface area contributed by atoms with Crippen LogP contribution in [0.2, 0.25) is 0 Å². The second kappa shape index (κ2) is 9.85. The quantitative estimate of drug-likeness (QED) is 0.284. The summed E-state index contributed by atoms with van der Waals surface area (Å²) in [6.45, 7) is 7.23. The largest absolute Gasteiger partial charge is 0.387 e. The molecule has 10 heteroatoms. The number of rotatable bonds is 7. The zero-order valence-electron chi connectivity index (χ0n) is 23.1. The van der Waals surface area contributed by atoms with E-state index in [2.05, 4.69) is 65.9 Å². The van der Waals surface area contributed by atoms with Crippen LogP contribution in [0.5, 0.6) is 0 Å². The van der Waals surface area contributed by atoms with Gasteiger partial charge in [0.05, 0.1) is 16.4 Å². The molecule has 10 nitrogen and oxygen atoms in total. The van der Waals surface area contributed by atoms with Gasteiger partial charge in [0.1, 0.15) is 41.9 Å². The lowest BCUT2D eigenvalue weighted by Gasteiger charge is -2.42. The molecule has 39 heavy (non-hydrogen) atoms. The van der Waals surface area contributed by atoms with E-state index < -0.39 is 24.5 Å². The van der Waals surface area contributed by atoms with Crippen molar-refractivity contribution in [3.05, 3.63) is 48.2 Å². The second-order valence-corrected chi connectivity index (χ2v) is 12.4. The number of ether oxygens (including phenoxy) is 1. The van der Waals surface area contributed by atoms with Gasteiger partial charge < -0.3 is 35.1 Å². The Morgan fingerprint density at radius 1 is 1.15 bits per heavy atom. The van der Waals surface area contributed by atoms with Gasteiger partial charge in [0, 0.05) is 25.2 Å². The SMILES string of the molecule is CN(C[C@H]1O[C@@H](n2ccc3c(N)ncnc32)[C@H](O)[C@@H]1O)[C@H]1C[C@H](CCc2nc3ccc(C(C)(C)C)cc3[nH]2)C1. The van der Waals surface area contributed by atoms with Gasteiger partial charge in [0.25, 0.3) is 0 Å². The number of nitrogen functional groups attached to an aromatic ring is 1. The van der Waals surface area contributed by atoms with Crippen molar-refractivity contribution in [2.45, 2.75) is 82.5 Å². The van der Waals surface area contributed by atoms with Gasteiger partial charge in [-0.2, -0.15) is 0 Å². The van der Waals surface area contributed by atoms with E-state index >= 15 is 0 Å². The smallest absolute Gasteiger partial charge is 0.164 e. The van der Waals surface area contributed by atoms with E-state index in [0.717, 1.165) is 42.5 Å². The van der Waals surface area contributed by atoms with E-state index in [-0.39, 0.29) is 5.41 Å². The highest BCUT2D eigenvalue weighted by molar-refractivity contribution is 5.86. The number of fused-ring (bicyclic) bond motifs is 2. The molecule has 2 fully saturated rings. The Balaban J connectivity index is 1.01. The van der Waals surface area contributed by atoms with Crippen LogP contribution in [0.3, 0.4) is 0 Å². The fourth-order valence-corrected chi connectivity index (χ4v) is 6.02. The molecule has 0 spiro atoms. The van der Waals surface area contributed by atoms with Gasteiger partial charge in [-0.05, 0) is 61.4 Å². The summed E-state index contributed by atoms with van der Waals surface area (Å²) < 4.78 is 7.89. The number of imidazole rings is 1. The Bertz CT molecular complexity index is 1470. The Labute approximate surface area is 228 Å². The lowest BCUT2D eigenvalue weighted by molar-refractivity contribution is -0.0512. The Morgan fingerprint density at radius 2 is 1.95 bits per heavy atom. The lowest BCUT2D eigenvalue weighted by atomic mass is 9.76. The number of H-pyrrole nitrogens is 1. The number of nitrogens with one attached hydrogen (secondary N) is 1. The van der Waals surface area contributed by atoms with Crippen molar-refractivity contribution in [2.24, 2.45) is 5.92 Å². The van der Waals surface area contributed by atoms with Gasteiger partial charge in [-0.25, -0.2) is 15.0 Å². The fourth-order valence-electron chi connectivity index (χ4n) is 6.02. The van der Waals surface area contributed by atoms with Gasteiger partial charge in [0.2, 0.25) is 0 Å². The van der Waals surface area contributed by atoms with Gasteiger partial charge in [-0.3, -0.25) is 0 Å². The molecule has 4 aromatic rings. The van der Waals surface area contributed by atoms with E-state index in [9.17, 15) is 10.2 Å². The topological polar surface area (TPSA) is 138 Å². The first-order chi connectivity index (χ1) is 18.6. The first kappa shape index (κ1) is 26.2. The first-order valence-corrected chi connectivity index (χ1v) is 13.9. The molecule has 1 aliphatic carbocycles. The van der Waals surface area contributed by atoms with E-state index in [4.69, 9.17) is 15.5 Å². The van der Waals surface area contributed by atoms with Gasteiger partial charge in [-0.1, -0.05) is 26.8 Å². The van der Waals surface area contributed by atoms with Gasteiger partial charge in [-0.15, -0.1) is 0 Å². The second-order valence-electron chi connectivity index (χ2n) is 12.4. The summed E-state index contributed by atoms with van der Waals surface area (Å²) in [6.07, 6.45) is 4.14. The normalized spacial score (nSPS) is 27.6. The number of likely N-dealkylation sites (N-methyl/N-ethyl adjacent to an activating group) is 1. The summed E-state index contributed by atoms with van der Waals surface area (Å²) in [4.78, 5) is 18.9. The predicted molar refractivity (Wildman–Crippen MR) is 150 cm³/mol. The number of aliphatic hydroxyl groups excluding tert-OH is 2. The van der Waals surface area contributed by atoms with E-state index in [1.54, 1.807) is 16.8 Å². The molecular weight excluding hydrogens is 494 g/mol. The molecule has 2 aliphatic rings. The summed E-state index contributed by atoms with van der Waals surface area (Å²) in [5, 5.41) is 22.3. The number of hydrogen-bond donors (Lipinski definition) is 4. The van der Waals surface area contributed by atoms with Crippen LogP contribution in [0.15, 0.2) is 36.8 Å². The van der Waals surface area contributed by atoms with Crippen LogP contribution in [0.25, 0.3) is 22.1 Å². The van der Waals surface area contributed by atoms with Crippen molar-refractivity contribution >= 4 is 27.9 Å². The molecular formula is C29H39N7O3. The first-order valence-electron chi connectivity index (χ1n) is 13.9. The molecule has 1 aliphatic heterocycles. The molecule has 6 rings (SSSR count). The summed E-state index contributed by atoms with van der Waals surface area (Å²) in [7, 11) is 2.07. The number of nitrogens with two attached hydrogens (primary N) is 1. The van der Waals surface area contributed by atoms with Crippen molar-refractivity contribution in [1.82, 2.24) is 29.4 Å². The fraction of sp³-hybridized carbons (Fsp3) is 0.552. The highest BCUT2D eigenvalue weighted by Crippen LogP contribution is 2.37. The van der Waals surface area contributed by atoms with Crippen molar-refractivity contribution in [3.63, 3.8) is 0 Å². The maximum atomic E-state index is 10.8. The third-order valence-electron chi connectivity index (χ3n) is 8.64. The molecule has 5 N–H and O–H groups in total. The van der Waals surface area contributed by atoms with Crippen molar-refractivity contribution < 1.29 is 14.9 Å². The van der Waals surface area contributed by atoms with E-state index in [1.165, 1.54) is 11.9 Å². The summed E-state index contributed by atoms with van der Waals surface area (Å²) in [5.41, 5.74) is 10.1. The van der Waals surface area contributed by atoms with Crippen LogP contribution < -0.4 is 5.73 Å². The zero-order valence-corrected chi connectivity index (χ0v) is 23.1. The molecule has 1 saturated heterocycles.